The molecule has 2 aromatic carbocycles. The second kappa shape index (κ2) is 9.74. The molecule has 40 heavy (non-hydrogen) atoms. The molecule has 1 saturated heterocycles. The fourth-order valence-corrected chi connectivity index (χ4v) is 5.57. The number of H-pyrrole nitrogens is 1. The molecular weight excluding hydrogens is 531 g/mol. The van der Waals surface area contributed by atoms with Crippen LogP contribution in [0.4, 0.5) is 4.39 Å². The Bertz CT molecular complexity index is 1640. The summed E-state index contributed by atoms with van der Waals surface area (Å²) in [6.07, 6.45) is 1.25. The third kappa shape index (κ3) is 4.23. The van der Waals surface area contributed by atoms with Gasteiger partial charge in [0.25, 0.3) is 5.56 Å². The maximum atomic E-state index is 13.7. The van der Waals surface area contributed by atoms with Crippen molar-refractivity contribution in [2.75, 3.05) is 27.6 Å². The molecule has 0 radical (unpaired) electrons. The Morgan fingerprint density at radius 1 is 1.05 bits per heavy atom. The molecule has 3 heterocycles. The second-order valence-corrected chi connectivity index (χ2v) is 9.59. The van der Waals surface area contributed by atoms with E-state index < -0.39 is 41.4 Å². The molecule has 1 fully saturated rings. The molecule has 0 unspecified atom stereocenters. The minimum Gasteiger partial charge on any atom is -0.493 e. The van der Waals surface area contributed by atoms with E-state index in [4.69, 9.17) is 28.4 Å². The Labute approximate surface area is 225 Å². The van der Waals surface area contributed by atoms with E-state index in [-0.39, 0.29) is 35.9 Å². The number of ether oxygens (including phenoxy) is 6. The van der Waals surface area contributed by atoms with Crippen molar-refractivity contribution in [3.8, 4) is 28.7 Å². The summed E-state index contributed by atoms with van der Waals surface area (Å²) in [5, 5.41) is 0. The summed E-state index contributed by atoms with van der Waals surface area (Å²) in [5.74, 6) is -2.10. The zero-order valence-corrected chi connectivity index (χ0v) is 21.4. The first-order valence-corrected chi connectivity index (χ1v) is 12.3. The first-order chi connectivity index (χ1) is 19.3. The summed E-state index contributed by atoms with van der Waals surface area (Å²) in [7, 11) is 2.74. The van der Waals surface area contributed by atoms with Gasteiger partial charge in [-0.2, -0.15) is 4.39 Å². The van der Waals surface area contributed by atoms with Crippen molar-refractivity contribution in [1.29, 1.82) is 0 Å². The molecule has 6 rings (SSSR count). The van der Waals surface area contributed by atoms with Crippen molar-refractivity contribution in [2.24, 2.45) is 11.8 Å². The number of rotatable bonds is 6. The van der Waals surface area contributed by atoms with Crippen molar-refractivity contribution in [3.63, 3.8) is 0 Å². The van der Waals surface area contributed by atoms with Crippen molar-refractivity contribution in [3.05, 3.63) is 73.8 Å². The van der Waals surface area contributed by atoms with E-state index in [0.717, 1.165) is 11.1 Å². The Balaban J connectivity index is 1.39. The SMILES string of the molecule is COc1cc([C@@H]2c3cc4c(cc3C[C@H]3COC(=O)[C@@H]32)OCO4)cc(OC)c1OC(=O)Cn1cc(F)c(=O)[nH]c1=O. The molecule has 3 aliphatic rings. The van der Waals surface area contributed by atoms with Crippen LogP contribution in [0.25, 0.3) is 0 Å². The van der Waals surface area contributed by atoms with Crippen LogP contribution in [0, 0.1) is 17.7 Å². The van der Waals surface area contributed by atoms with Crippen LogP contribution in [-0.4, -0.2) is 49.1 Å². The van der Waals surface area contributed by atoms with Crippen LogP contribution in [0.1, 0.15) is 22.6 Å². The third-order valence-corrected chi connectivity index (χ3v) is 7.36. The summed E-state index contributed by atoms with van der Waals surface area (Å²) < 4.78 is 47.5. The Morgan fingerprint density at radius 2 is 1.75 bits per heavy atom. The number of carbonyl (C=O) groups is 2. The first kappa shape index (κ1) is 25.5. The number of methoxy groups -OCH3 is 2. The van der Waals surface area contributed by atoms with Crippen LogP contribution < -0.4 is 34.9 Å². The van der Waals surface area contributed by atoms with Crippen molar-refractivity contribution >= 4 is 11.9 Å². The van der Waals surface area contributed by atoms with E-state index in [9.17, 15) is 23.6 Å². The fraction of sp³-hybridized carbons (Fsp3) is 0.333. The van der Waals surface area contributed by atoms with Crippen molar-refractivity contribution < 1.29 is 42.4 Å². The van der Waals surface area contributed by atoms with E-state index >= 15 is 0 Å². The Hall–Kier alpha value is -4.81. The van der Waals surface area contributed by atoms with Crippen LogP contribution in [-0.2, 0) is 27.3 Å². The van der Waals surface area contributed by atoms with E-state index in [1.807, 2.05) is 12.1 Å². The van der Waals surface area contributed by atoms with Gasteiger partial charge in [0.15, 0.2) is 23.0 Å². The molecule has 208 valence electrons. The molecule has 2 aliphatic heterocycles. The number of esters is 2. The molecule has 3 atom stereocenters. The first-order valence-electron chi connectivity index (χ1n) is 12.3. The normalized spacial score (nSPS) is 20.4. The lowest BCUT2D eigenvalue weighted by Crippen LogP contribution is -2.34. The Kier molecular flexibility index (Phi) is 6.20. The van der Waals surface area contributed by atoms with Gasteiger partial charge in [0, 0.05) is 11.8 Å². The maximum Gasteiger partial charge on any atom is 0.331 e. The number of hydrogen-bond acceptors (Lipinski definition) is 10. The molecule has 0 amide bonds. The predicted octanol–water partition coefficient (Wildman–Crippen LogP) is 1.50. The molecule has 13 heteroatoms. The van der Waals surface area contributed by atoms with Gasteiger partial charge < -0.3 is 28.4 Å². The highest BCUT2D eigenvalue weighted by molar-refractivity contribution is 5.79. The lowest BCUT2D eigenvalue weighted by atomic mass is 9.67. The summed E-state index contributed by atoms with van der Waals surface area (Å²) in [4.78, 5) is 50.7. The van der Waals surface area contributed by atoms with Gasteiger partial charge in [0.05, 0.1) is 32.9 Å². The number of aromatic nitrogens is 2. The summed E-state index contributed by atoms with van der Waals surface area (Å²) in [6.45, 7) is -0.292. The number of aromatic amines is 1. The van der Waals surface area contributed by atoms with Crippen LogP contribution in [0.5, 0.6) is 28.7 Å². The van der Waals surface area contributed by atoms with Gasteiger partial charge in [-0.15, -0.1) is 0 Å². The monoisotopic (exact) mass is 554 g/mol. The van der Waals surface area contributed by atoms with E-state index in [1.165, 1.54) is 14.2 Å². The van der Waals surface area contributed by atoms with Crippen molar-refractivity contribution in [2.45, 2.75) is 18.9 Å². The molecule has 0 spiro atoms. The van der Waals surface area contributed by atoms with Gasteiger partial charge in [-0.1, -0.05) is 0 Å². The van der Waals surface area contributed by atoms with E-state index in [1.54, 1.807) is 17.1 Å². The maximum absolute atomic E-state index is 13.7. The largest absolute Gasteiger partial charge is 0.493 e. The molecule has 0 bridgehead atoms. The number of carbonyl (C=O) groups excluding carboxylic acids is 2. The summed E-state index contributed by atoms with van der Waals surface area (Å²) in [6, 6.07) is 7.09. The molecule has 1 aromatic heterocycles. The molecule has 3 aromatic rings. The standard InChI is InChI=1S/C27H23FN2O10/c1-35-19-5-13(6-20(36-2)24(19)40-21(31)9-30-8-16(28)25(32)29-27(30)34)22-15-7-18-17(38-11-39-18)4-12(15)3-14-10-37-26(33)23(14)22/h4-8,14,22-23H,3,9-11H2,1-2H3,(H,29,32,34)/t14-,22+,23-/m0/s1. The highest BCUT2D eigenvalue weighted by Crippen LogP contribution is 2.52. The number of cyclic esters (lactones) is 1. The van der Waals surface area contributed by atoms with Gasteiger partial charge >= 0.3 is 17.6 Å². The smallest absolute Gasteiger partial charge is 0.331 e. The van der Waals surface area contributed by atoms with Crippen LogP contribution in [0.2, 0.25) is 0 Å². The van der Waals surface area contributed by atoms with Crippen molar-refractivity contribution in [1.82, 2.24) is 9.55 Å². The molecular formula is C27H23FN2O10. The highest BCUT2D eigenvalue weighted by Gasteiger charge is 2.48. The summed E-state index contributed by atoms with van der Waals surface area (Å²) >= 11 is 0. The van der Waals surface area contributed by atoms with Crippen LogP contribution in [0.3, 0.4) is 0 Å². The van der Waals surface area contributed by atoms with E-state index in [2.05, 4.69) is 0 Å². The number of hydrogen-bond donors (Lipinski definition) is 1. The van der Waals surface area contributed by atoms with Gasteiger partial charge in [-0.05, 0) is 47.4 Å². The zero-order chi connectivity index (χ0) is 28.1. The predicted molar refractivity (Wildman–Crippen MR) is 133 cm³/mol. The Morgan fingerprint density at radius 3 is 2.45 bits per heavy atom. The average Bonchev–Trinajstić information content (AvgIpc) is 3.55. The molecule has 0 saturated carbocycles. The number of nitrogens with zero attached hydrogens (tertiary/aromatic N) is 1. The third-order valence-electron chi connectivity index (χ3n) is 7.36. The average molecular weight is 554 g/mol. The van der Waals surface area contributed by atoms with Gasteiger partial charge in [0.1, 0.15) is 6.54 Å². The number of nitrogens with one attached hydrogen (secondary N) is 1. The van der Waals surface area contributed by atoms with Crippen LogP contribution in [0.15, 0.2) is 40.1 Å². The van der Waals surface area contributed by atoms with Crippen LogP contribution >= 0.6 is 0 Å². The number of halogens is 1. The fourth-order valence-electron chi connectivity index (χ4n) is 5.57. The lowest BCUT2D eigenvalue weighted by Gasteiger charge is -2.34. The quantitative estimate of drug-likeness (QED) is 0.352. The van der Waals surface area contributed by atoms with E-state index in [0.29, 0.717) is 40.9 Å². The number of fused-ring (bicyclic) bond motifs is 3. The number of benzene rings is 2. The highest BCUT2D eigenvalue weighted by atomic mass is 19.1. The minimum absolute atomic E-state index is 0.0594. The topological polar surface area (TPSA) is 144 Å². The van der Waals surface area contributed by atoms with Gasteiger partial charge in [0.2, 0.25) is 18.4 Å². The lowest BCUT2D eigenvalue weighted by molar-refractivity contribution is -0.141. The zero-order valence-electron chi connectivity index (χ0n) is 21.4. The van der Waals surface area contributed by atoms with Gasteiger partial charge in [-0.25, -0.2) is 9.59 Å². The second-order valence-electron chi connectivity index (χ2n) is 9.59. The molecule has 1 aliphatic carbocycles. The molecule has 12 nitrogen and oxygen atoms in total. The minimum atomic E-state index is -1.23. The van der Waals surface area contributed by atoms with Gasteiger partial charge in [-0.3, -0.25) is 19.1 Å². The molecule has 1 N–H and O–H groups in total. The summed E-state index contributed by atoms with van der Waals surface area (Å²) in [5.41, 5.74) is 0.349.